The Balaban J connectivity index is 1.52. The average molecular weight is 517 g/mol. The van der Waals surface area contributed by atoms with Gasteiger partial charge in [0.2, 0.25) is 0 Å². The van der Waals surface area contributed by atoms with Gasteiger partial charge in [-0.2, -0.15) is 5.26 Å². The highest BCUT2D eigenvalue weighted by atomic mass is 35.5. The Morgan fingerprint density at radius 1 is 1.08 bits per heavy atom. The summed E-state index contributed by atoms with van der Waals surface area (Å²) in [6.07, 6.45) is 1.69. The summed E-state index contributed by atoms with van der Waals surface area (Å²) in [4.78, 5) is 16.2. The second-order valence-electron chi connectivity index (χ2n) is 9.41. The highest BCUT2D eigenvalue weighted by Gasteiger charge is 2.39. The van der Waals surface area contributed by atoms with E-state index in [4.69, 9.17) is 23.2 Å². The lowest BCUT2D eigenvalue weighted by Crippen LogP contribution is -2.56. The molecule has 0 aliphatic carbocycles. The van der Waals surface area contributed by atoms with Gasteiger partial charge in [-0.05, 0) is 60.8 Å². The van der Waals surface area contributed by atoms with Crippen LogP contribution in [0.2, 0.25) is 10.0 Å². The van der Waals surface area contributed by atoms with Gasteiger partial charge in [-0.25, -0.2) is 0 Å². The number of halogens is 2. The van der Waals surface area contributed by atoms with Crippen LogP contribution >= 0.6 is 23.2 Å². The number of aromatic nitrogens is 1. The molecule has 1 N–H and O–H groups in total. The Labute approximate surface area is 220 Å². The van der Waals surface area contributed by atoms with E-state index in [1.165, 1.54) is 5.56 Å². The maximum absolute atomic E-state index is 13.8. The summed E-state index contributed by atoms with van der Waals surface area (Å²) in [5.41, 5.74) is 3.44. The van der Waals surface area contributed by atoms with Crippen molar-refractivity contribution >= 4 is 40.0 Å². The SMILES string of the molecule is Cn1c(C(=O)NC2(c3cccc(C#N)c3)CCCN(Cc3ccccc3)C2)cc2c(Cl)c(Cl)ccc21. The Bertz CT molecular complexity index is 1470. The number of hydrogen-bond acceptors (Lipinski definition) is 3. The highest BCUT2D eigenvalue weighted by molar-refractivity contribution is 6.45. The summed E-state index contributed by atoms with van der Waals surface area (Å²) in [7, 11) is 1.85. The number of carbonyl (C=O) groups is 1. The highest BCUT2D eigenvalue weighted by Crippen LogP contribution is 2.35. The van der Waals surface area contributed by atoms with Crippen LogP contribution in [0.5, 0.6) is 0 Å². The van der Waals surface area contributed by atoms with Crippen molar-refractivity contribution in [2.75, 3.05) is 13.1 Å². The molecule has 36 heavy (non-hydrogen) atoms. The summed E-state index contributed by atoms with van der Waals surface area (Å²) >= 11 is 12.7. The Hall–Kier alpha value is -3.30. The van der Waals surface area contributed by atoms with Crippen LogP contribution in [-0.4, -0.2) is 28.5 Å². The number of hydrogen-bond donors (Lipinski definition) is 1. The predicted octanol–water partition coefficient (Wildman–Crippen LogP) is 6.28. The lowest BCUT2D eigenvalue weighted by atomic mass is 9.81. The van der Waals surface area contributed by atoms with E-state index in [0.29, 0.717) is 27.8 Å². The molecule has 1 fully saturated rings. The second kappa shape index (κ2) is 9.99. The molecule has 1 aliphatic heterocycles. The summed E-state index contributed by atoms with van der Waals surface area (Å²) in [6.45, 7) is 2.37. The van der Waals surface area contributed by atoms with Crippen molar-refractivity contribution in [3.8, 4) is 6.07 Å². The zero-order valence-corrected chi connectivity index (χ0v) is 21.5. The fourth-order valence-corrected chi connectivity index (χ4v) is 5.64. The van der Waals surface area contributed by atoms with Gasteiger partial charge in [0.05, 0.1) is 27.2 Å². The number of nitrogens with one attached hydrogen (secondary N) is 1. The molecule has 1 aromatic heterocycles. The van der Waals surface area contributed by atoms with Gasteiger partial charge in [0, 0.05) is 31.0 Å². The monoisotopic (exact) mass is 516 g/mol. The van der Waals surface area contributed by atoms with Gasteiger partial charge < -0.3 is 9.88 Å². The average Bonchev–Trinajstić information content (AvgIpc) is 3.24. The largest absolute Gasteiger partial charge is 0.340 e. The molecule has 2 heterocycles. The Kier molecular flexibility index (Phi) is 6.77. The van der Waals surface area contributed by atoms with E-state index in [0.717, 1.165) is 42.4 Å². The zero-order valence-electron chi connectivity index (χ0n) is 20.0. The van der Waals surface area contributed by atoms with Crippen molar-refractivity contribution in [1.82, 2.24) is 14.8 Å². The number of likely N-dealkylation sites (tertiary alicyclic amines) is 1. The molecule has 0 spiro atoms. The molecule has 182 valence electrons. The van der Waals surface area contributed by atoms with E-state index in [1.54, 1.807) is 18.2 Å². The summed E-state index contributed by atoms with van der Waals surface area (Å²) < 4.78 is 1.84. The van der Waals surface area contributed by atoms with Crippen molar-refractivity contribution in [2.24, 2.45) is 7.05 Å². The van der Waals surface area contributed by atoms with Gasteiger partial charge in [-0.1, -0.05) is 65.7 Å². The lowest BCUT2D eigenvalue weighted by Gasteiger charge is -2.44. The molecular formula is C29H26Cl2N4O. The van der Waals surface area contributed by atoms with Crippen LogP contribution in [0, 0.1) is 11.3 Å². The first-order chi connectivity index (χ1) is 17.4. The number of fused-ring (bicyclic) bond motifs is 1. The van der Waals surface area contributed by atoms with Crippen LogP contribution in [0.3, 0.4) is 0 Å². The number of piperidine rings is 1. The maximum Gasteiger partial charge on any atom is 0.268 e. The molecule has 0 bridgehead atoms. The van der Waals surface area contributed by atoms with E-state index in [9.17, 15) is 10.1 Å². The maximum atomic E-state index is 13.8. The summed E-state index contributed by atoms with van der Waals surface area (Å²) in [5.74, 6) is -0.190. The third-order valence-electron chi connectivity index (χ3n) is 7.06. The molecule has 1 amide bonds. The number of amides is 1. The molecule has 0 saturated carbocycles. The van der Waals surface area contributed by atoms with Gasteiger partial charge in [0.1, 0.15) is 5.69 Å². The zero-order chi connectivity index (χ0) is 25.3. The number of rotatable bonds is 5. The Morgan fingerprint density at radius 2 is 1.89 bits per heavy atom. The number of nitrogens with zero attached hydrogens (tertiary/aromatic N) is 3. The number of benzene rings is 3. The first-order valence-electron chi connectivity index (χ1n) is 11.9. The van der Waals surface area contributed by atoms with Crippen LogP contribution in [0.4, 0.5) is 0 Å². The standard InChI is InChI=1S/C29H26Cl2N4O/c1-34-25-12-11-24(30)27(31)23(25)16-26(34)28(36)33-29(22-10-5-9-21(15-22)17-32)13-6-14-35(19-29)18-20-7-3-2-4-8-20/h2-5,7-12,15-16H,6,13-14,18-19H2,1H3,(H,33,36). The number of carbonyl (C=O) groups excluding carboxylic acids is 1. The van der Waals surface area contributed by atoms with Gasteiger partial charge in [0.25, 0.3) is 5.91 Å². The number of nitriles is 1. The van der Waals surface area contributed by atoms with Crippen molar-refractivity contribution in [1.29, 1.82) is 5.26 Å². The van der Waals surface area contributed by atoms with E-state index in [-0.39, 0.29) is 5.91 Å². The molecule has 5 rings (SSSR count). The normalized spacial score (nSPS) is 18.2. The molecular weight excluding hydrogens is 491 g/mol. The van der Waals surface area contributed by atoms with Crippen LogP contribution < -0.4 is 5.32 Å². The fourth-order valence-electron chi connectivity index (χ4n) is 5.27. The molecule has 1 saturated heterocycles. The molecule has 4 aromatic rings. The van der Waals surface area contributed by atoms with Gasteiger partial charge in [-0.3, -0.25) is 9.69 Å². The quantitative estimate of drug-likeness (QED) is 0.339. The van der Waals surface area contributed by atoms with E-state index >= 15 is 0 Å². The van der Waals surface area contributed by atoms with E-state index < -0.39 is 5.54 Å². The topological polar surface area (TPSA) is 61.1 Å². The second-order valence-corrected chi connectivity index (χ2v) is 10.2. The third-order valence-corrected chi connectivity index (χ3v) is 7.88. The number of aryl methyl sites for hydroxylation is 1. The van der Waals surface area contributed by atoms with Gasteiger partial charge in [0.15, 0.2) is 0 Å². The molecule has 5 nitrogen and oxygen atoms in total. The van der Waals surface area contributed by atoms with Crippen LogP contribution in [0.25, 0.3) is 10.9 Å². The molecule has 1 unspecified atom stereocenters. The molecule has 1 atom stereocenters. The van der Waals surface area contributed by atoms with E-state index in [2.05, 4.69) is 28.4 Å². The minimum Gasteiger partial charge on any atom is -0.340 e. The summed E-state index contributed by atoms with van der Waals surface area (Å²) in [5, 5.41) is 14.6. The van der Waals surface area contributed by atoms with Gasteiger partial charge in [-0.15, -0.1) is 0 Å². The lowest BCUT2D eigenvalue weighted by molar-refractivity contribution is 0.0750. The molecule has 0 radical (unpaired) electrons. The van der Waals surface area contributed by atoms with Crippen molar-refractivity contribution in [3.05, 3.63) is 105 Å². The van der Waals surface area contributed by atoms with Crippen molar-refractivity contribution in [2.45, 2.75) is 24.9 Å². The fraction of sp³-hybridized carbons (Fsp3) is 0.241. The van der Waals surface area contributed by atoms with Crippen molar-refractivity contribution in [3.63, 3.8) is 0 Å². The van der Waals surface area contributed by atoms with E-state index in [1.807, 2.05) is 54.1 Å². The summed E-state index contributed by atoms with van der Waals surface area (Å²) in [6, 6.07) is 25.6. The van der Waals surface area contributed by atoms with Crippen LogP contribution in [0.1, 0.15) is 40.0 Å². The minimum atomic E-state index is -0.644. The smallest absolute Gasteiger partial charge is 0.268 e. The van der Waals surface area contributed by atoms with Gasteiger partial charge >= 0.3 is 0 Å². The minimum absolute atomic E-state index is 0.190. The third kappa shape index (κ3) is 4.60. The molecule has 7 heteroatoms. The first kappa shape index (κ1) is 24.4. The molecule has 1 aliphatic rings. The molecule has 3 aromatic carbocycles. The first-order valence-corrected chi connectivity index (χ1v) is 12.7. The van der Waals surface area contributed by atoms with Crippen LogP contribution in [0.15, 0.2) is 72.8 Å². The van der Waals surface area contributed by atoms with Crippen molar-refractivity contribution < 1.29 is 4.79 Å². The Morgan fingerprint density at radius 3 is 2.67 bits per heavy atom. The van der Waals surface area contributed by atoms with Crippen LogP contribution in [-0.2, 0) is 19.1 Å². The predicted molar refractivity (Wildman–Crippen MR) is 144 cm³/mol.